The molecule has 0 aliphatic heterocycles. The first-order valence-corrected chi connectivity index (χ1v) is 12.4. The van der Waals surface area contributed by atoms with E-state index in [1.54, 1.807) is 0 Å². The van der Waals surface area contributed by atoms with Gasteiger partial charge in [-0.2, -0.15) is 4.31 Å². The second-order valence-corrected chi connectivity index (χ2v) is 9.83. The molecule has 164 valence electrons. The van der Waals surface area contributed by atoms with Crippen molar-refractivity contribution in [3.8, 4) is 22.5 Å². The maximum atomic E-state index is 12.4. The molecule has 0 amide bonds. The van der Waals surface area contributed by atoms with Gasteiger partial charge in [-0.25, -0.2) is 8.42 Å². The summed E-state index contributed by atoms with van der Waals surface area (Å²) in [6.45, 7) is 2.58. The van der Waals surface area contributed by atoms with Crippen LogP contribution in [0.3, 0.4) is 0 Å². The van der Waals surface area contributed by atoms with Gasteiger partial charge < -0.3 is 4.52 Å². The summed E-state index contributed by atoms with van der Waals surface area (Å²) in [5.41, 5.74) is 5.86. The van der Waals surface area contributed by atoms with Gasteiger partial charge in [0.05, 0.1) is 11.9 Å². The Bertz CT molecular complexity index is 1270. The van der Waals surface area contributed by atoms with Crippen molar-refractivity contribution < 1.29 is 12.9 Å². The molecule has 0 radical (unpaired) electrons. The molecule has 1 heterocycles. The Morgan fingerprint density at radius 3 is 2.00 bits per heavy atom. The molecular formula is C26H26N2O3S. The molecule has 3 aromatic carbocycles. The van der Waals surface area contributed by atoms with Gasteiger partial charge >= 0.3 is 0 Å². The minimum absolute atomic E-state index is 0.338. The fourth-order valence-electron chi connectivity index (χ4n) is 3.74. The van der Waals surface area contributed by atoms with E-state index in [2.05, 4.69) is 29.4 Å². The summed E-state index contributed by atoms with van der Waals surface area (Å²) in [5, 5.41) is 4.15. The average Bonchev–Trinajstić information content (AvgIpc) is 3.17. The second-order valence-electron chi connectivity index (χ2n) is 7.85. The molecule has 0 saturated heterocycles. The molecule has 32 heavy (non-hydrogen) atoms. The van der Waals surface area contributed by atoms with Crippen LogP contribution >= 0.6 is 0 Å². The van der Waals surface area contributed by atoms with Crippen LogP contribution in [0.4, 0.5) is 0 Å². The summed E-state index contributed by atoms with van der Waals surface area (Å²) >= 11 is 0. The number of aryl methyl sites for hydroxylation is 1. The van der Waals surface area contributed by atoms with Crippen LogP contribution in [-0.4, -0.2) is 30.7 Å². The SMILES string of the molecule is Cc1noc(-c2ccc(-c3ccccc3)cc2)c1CCN(Cc1ccccc1)S(C)(=O)=O. The molecule has 0 bridgehead atoms. The highest BCUT2D eigenvalue weighted by Gasteiger charge is 2.21. The van der Waals surface area contributed by atoms with Crippen LogP contribution in [0, 0.1) is 6.92 Å². The third-order valence-corrected chi connectivity index (χ3v) is 6.77. The molecule has 0 aliphatic carbocycles. The average molecular weight is 447 g/mol. The molecule has 0 aliphatic rings. The van der Waals surface area contributed by atoms with E-state index < -0.39 is 10.0 Å². The number of hydrogen-bond donors (Lipinski definition) is 0. The summed E-state index contributed by atoms with van der Waals surface area (Å²) < 4.78 is 31.9. The van der Waals surface area contributed by atoms with Gasteiger partial charge in [-0.15, -0.1) is 0 Å². The Morgan fingerprint density at radius 1 is 0.812 bits per heavy atom. The molecule has 0 N–H and O–H groups in total. The number of aromatic nitrogens is 1. The highest BCUT2D eigenvalue weighted by Crippen LogP contribution is 2.29. The molecule has 6 heteroatoms. The topological polar surface area (TPSA) is 63.4 Å². The second kappa shape index (κ2) is 9.51. The van der Waals surface area contributed by atoms with Crippen LogP contribution in [0.15, 0.2) is 89.5 Å². The Balaban J connectivity index is 1.54. The van der Waals surface area contributed by atoms with Crippen molar-refractivity contribution in [2.24, 2.45) is 0 Å². The zero-order valence-corrected chi connectivity index (χ0v) is 19.0. The van der Waals surface area contributed by atoms with Crippen LogP contribution < -0.4 is 0 Å². The number of sulfonamides is 1. The lowest BCUT2D eigenvalue weighted by Crippen LogP contribution is -2.31. The summed E-state index contributed by atoms with van der Waals surface area (Å²) in [6.07, 6.45) is 1.77. The Hall–Kier alpha value is -3.22. The largest absolute Gasteiger partial charge is 0.356 e. The minimum atomic E-state index is -3.36. The first-order valence-electron chi connectivity index (χ1n) is 10.5. The first-order chi connectivity index (χ1) is 15.4. The molecule has 0 unspecified atom stereocenters. The molecule has 0 saturated carbocycles. The van der Waals surface area contributed by atoms with E-state index in [-0.39, 0.29) is 0 Å². The number of benzene rings is 3. The van der Waals surface area contributed by atoms with E-state index in [1.807, 2.05) is 67.6 Å². The van der Waals surface area contributed by atoms with Crippen molar-refractivity contribution in [2.75, 3.05) is 12.8 Å². The molecule has 4 aromatic rings. The number of nitrogens with zero attached hydrogens (tertiary/aromatic N) is 2. The number of rotatable bonds is 8. The first kappa shape index (κ1) is 22.0. The fraction of sp³-hybridized carbons (Fsp3) is 0.192. The highest BCUT2D eigenvalue weighted by molar-refractivity contribution is 7.88. The van der Waals surface area contributed by atoms with Crippen LogP contribution in [0.1, 0.15) is 16.8 Å². The molecular weight excluding hydrogens is 420 g/mol. The smallest absolute Gasteiger partial charge is 0.211 e. The van der Waals surface area contributed by atoms with Crippen LogP contribution in [0.5, 0.6) is 0 Å². The van der Waals surface area contributed by atoms with Crippen molar-refractivity contribution in [2.45, 2.75) is 19.9 Å². The third kappa shape index (κ3) is 5.15. The van der Waals surface area contributed by atoms with Gasteiger partial charge in [0.15, 0.2) is 5.76 Å². The van der Waals surface area contributed by atoms with Crippen molar-refractivity contribution in [1.29, 1.82) is 0 Å². The van der Waals surface area contributed by atoms with Gasteiger partial charge in [0, 0.05) is 24.2 Å². The van der Waals surface area contributed by atoms with Crippen LogP contribution in [-0.2, 0) is 23.0 Å². The maximum absolute atomic E-state index is 12.4. The molecule has 5 nitrogen and oxygen atoms in total. The molecule has 0 atom stereocenters. The van der Waals surface area contributed by atoms with Crippen molar-refractivity contribution in [3.05, 3.63) is 102 Å². The third-order valence-electron chi connectivity index (χ3n) is 5.52. The van der Waals surface area contributed by atoms with Gasteiger partial charge in [-0.3, -0.25) is 0 Å². The molecule has 0 fully saturated rings. The maximum Gasteiger partial charge on any atom is 0.211 e. The zero-order valence-electron chi connectivity index (χ0n) is 18.2. The zero-order chi connectivity index (χ0) is 22.6. The number of hydrogen-bond acceptors (Lipinski definition) is 4. The van der Waals surface area contributed by atoms with Crippen LogP contribution in [0.2, 0.25) is 0 Å². The Labute approximate surface area is 189 Å². The predicted octanol–water partition coefficient (Wildman–Crippen LogP) is 5.32. The summed E-state index contributed by atoms with van der Waals surface area (Å²) in [6, 6.07) is 28.0. The standard InChI is InChI=1S/C26H26N2O3S/c1-20-25(17-18-28(32(2,29)30)19-21-9-5-3-6-10-21)26(31-27-20)24-15-13-23(14-16-24)22-11-7-4-8-12-22/h3-16H,17-19H2,1-2H3. The summed E-state index contributed by atoms with van der Waals surface area (Å²) in [4.78, 5) is 0. The lowest BCUT2D eigenvalue weighted by Gasteiger charge is -2.20. The quantitative estimate of drug-likeness (QED) is 0.367. The molecule has 0 spiro atoms. The Kier molecular flexibility index (Phi) is 6.53. The Morgan fingerprint density at radius 2 is 1.38 bits per heavy atom. The lowest BCUT2D eigenvalue weighted by atomic mass is 10.0. The fourth-order valence-corrected chi connectivity index (χ4v) is 4.55. The normalized spacial score (nSPS) is 11.7. The summed E-state index contributed by atoms with van der Waals surface area (Å²) in [7, 11) is -3.36. The van der Waals surface area contributed by atoms with Crippen molar-refractivity contribution >= 4 is 10.0 Å². The van der Waals surface area contributed by atoms with E-state index >= 15 is 0 Å². The predicted molar refractivity (Wildman–Crippen MR) is 128 cm³/mol. The highest BCUT2D eigenvalue weighted by atomic mass is 32.2. The molecule has 4 rings (SSSR count). The van der Waals surface area contributed by atoms with Crippen LogP contribution in [0.25, 0.3) is 22.5 Å². The summed E-state index contributed by atoms with van der Waals surface area (Å²) in [5.74, 6) is 0.690. The van der Waals surface area contributed by atoms with E-state index in [0.29, 0.717) is 25.3 Å². The van der Waals surface area contributed by atoms with E-state index in [4.69, 9.17) is 4.52 Å². The molecule has 1 aromatic heterocycles. The van der Waals surface area contributed by atoms with Crippen molar-refractivity contribution in [3.63, 3.8) is 0 Å². The van der Waals surface area contributed by atoms with Gasteiger partial charge in [0.1, 0.15) is 0 Å². The van der Waals surface area contributed by atoms with Gasteiger partial charge in [-0.1, -0.05) is 90.1 Å². The monoisotopic (exact) mass is 446 g/mol. The van der Waals surface area contributed by atoms with E-state index in [0.717, 1.165) is 33.5 Å². The lowest BCUT2D eigenvalue weighted by molar-refractivity contribution is 0.411. The van der Waals surface area contributed by atoms with E-state index in [1.165, 1.54) is 10.6 Å². The minimum Gasteiger partial charge on any atom is -0.356 e. The van der Waals surface area contributed by atoms with Gasteiger partial charge in [-0.05, 0) is 30.0 Å². The van der Waals surface area contributed by atoms with Crippen molar-refractivity contribution in [1.82, 2.24) is 9.46 Å². The van der Waals surface area contributed by atoms with Gasteiger partial charge in [0.25, 0.3) is 0 Å². The van der Waals surface area contributed by atoms with Gasteiger partial charge in [0.2, 0.25) is 10.0 Å². The van der Waals surface area contributed by atoms with E-state index in [9.17, 15) is 8.42 Å².